The van der Waals surface area contributed by atoms with Gasteiger partial charge in [-0.05, 0) is 139 Å². The normalized spacial score (nSPS) is 12.9. The van der Waals surface area contributed by atoms with Crippen LogP contribution in [0.5, 0.6) is 0 Å². The van der Waals surface area contributed by atoms with Gasteiger partial charge >= 0.3 is 11.9 Å². The van der Waals surface area contributed by atoms with Crippen LogP contribution in [0.25, 0.3) is 90.9 Å². The number of hydrogen-bond acceptors (Lipinski definition) is 6. The highest BCUT2D eigenvalue weighted by Gasteiger charge is 2.26. The fourth-order valence-electron chi connectivity index (χ4n) is 9.48. The van der Waals surface area contributed by atoms with Crippen LogP contribution in [0, 0.1) is 0 Å². The number of esters is 2. The molecule has 0 amide bonds. The lowest BCUT2D eigenvalue weighted by Gasteiger charge is -2.26. The van der Waals surface area contributed by atoms with Crippen molar-refractivity contribution < 1.29 is 19.1 Å². The first kappa shape index (κ1) is 49.4. The predicted molar refractivity (Wildman–Crippen MR) is 298 cm³/mol. The molecule has 0 atom stereocenters. The molecular formula is C64H66N4O4. The highest BCUT2D eigenvalue weighted by Crippen LogP contribution is 2.42. The summed E-state index contributed by atoms with van der Waals surface area (Å²) in [5, 5.41) is 0. The number of methoxy groups -OCH3 is 2. The molecule has 8 heteroatoms. The fraction of sp³-hybridized carbons (Fsp3) is 0.281. The van der Waals surface area contributed by atoms with Crippen LogP contribution in [0.1, 0.15) is 149 Å². The molecule has 72 heavy (non-hydrogen) atoms. The van der Waals surface area contributed by atoms with Crippen molar-refractivity contribution in [3.05, 3.63) is 165 Å². The van der Waals surface area contributed by atoms with Gasteiger partial charge < -0.3 is 19.4 Å². The summed E-state index contributed by atoms with van der Waals surface area (Å²) in [6.07, 6.45) is 8.41. The maximum Gasteiger partial charge on any atom is 0.337 e. The molecular weight excluding hydrogens is 889 g/mol. The van der Waals surface area contributed by atoms with Crippen LogP contribution < -0.4 is 0 Å². The van der Waals surface area contributed by atoms with Crippen molar-refractivity contribution >= 4 is 58.3 Å². The number of rotatable bonds is 6. The van der Waals surface area contributed by atoms with E-state index < -0.39 is 11.9 Å². The van der Waals surface area contributed by atoms with Gasteiger partial charge in [0.1, 0.15) is 0 Å². The lowest BCUT2D eigenvalue weighted by Crippen LogP contribution is -2.16. The van der Waals surface area contributed by atoms with Crippen LogP contribution in [0.15, 0.2) is 109 Å². The van der Waals surface area contributed by atoms with Crippen molar-refractivity contribution in [2.45, 2.75) is 105 Å². The molecule has 0 fully saturated rings. The third-order valence-electron chi connectivity index (χ3n) is 13.9. The Morgan fingerprint density at radius 3 is 0.847 bits per heavy atom. The maximum atomic E-state index is 12.7. The number of aromatic nitrogens is 4. The number of carbonyl (C=O) groups excluding carboxylic acids is 2. The number of benzene rings is 4. The predicted octanol–water partition coefficient (Wildman–Crippen LogP) is 16.1. The number of aromatic amines is 2. The number of nitrogens with zero attached hydrogens (tertiary/aromatic N) is 2. The van der Waals surface area contributed by atoms with Crippen molar-refractivity contribution in [3.63, 3.8) is 0 Å². The molecule has 0 spiro atoms. The van der Waals surface area contributed by atoms with Crippen LogP contribution >= 0.6 is 0 Å². The van der Waals surface area contributed by atoms with Gasteiger partial charge in [0.15, 0.2) is 0 Å². The van der Waals surface area contributed by atoms with Crippen LogP contribution in [-0.4, -0.2) is 46.1 Å². The third-order valence-corrected chi connectivity index (χ3v) is 13.9. The van der Waals surface area contributed by atoms with Gasteiger partial charge in [0.25, 0.3) is 0 Å². The van der Waals surface area contributed by atoms with Crippen LogP contribution in [-0.2, 0) is 31.1 Å². The molecule has 5 heterocycles. The van der Waals surface area contributed by atoms with Gasteiger partial charge in [0.2, 0.25) is 0 Å². The fourth-order valence-corrected chi connectivity index (χ4v) is 9.48. The largest absolute Gasteiger partial charge is 0.465 e. The van der Waals surface area contributed by atoms with E-state index in [-0.39, 0.29) is 21.7 Å². The van der Waals surface area contributed by atoms with Crippen molar-refractivity contribution in [3.8, 4) is 44.5 Å². The molecule has 0 aliphatic carbocycles. The zero-order chi connectivity index (χ0) is 51.7. The molecule has 2 aliphatic rings. The van der Waals surface area contributed by atoms with Crippen molar-refractivity contribution in [2.24, 2.45) is 0 Å². The zero-order valence-electron chi connectivity index (χ0n) is 44.2. The minimum atomic E-state index is -0.409. The lowest BCUT2D eigenvalue weighted by molar-refractivity contribution is 0.0592. The Bertz CT molecular complexity index is 3240. The average molecular weight is 955 g/mol. The molecule has 0 saturated heterocycles. The van der Waals surface area contributed by atoms with E-state index in [2.05, 4.69) is 166 Å². The Morgan fingerprint density at radius 2 is 0.611 bits per heavy atom. The molecule has 8 bridgehead atoms. The average Bonchev–Trinajstić information content (AvgIpc) is 4.19. The molecule has 8 nitrogen and oxygen atoms in total. The molecule has 7 aromatic rings. The molecule has 366 valence electrons. The molecule has 3 aromatic heterocycles. The number of H-pyrrole nitrogens is 2. The second kappa shape index (κ2) is 18.2. The van der Waals surface area contributed by atoms with Crippen LogP contribution in [0.2, 0.25) is 0 Å². The van der Waals surface area contributed by atoms with Gasteiger partial charge in [-0.1, -0.05) is 144 Å². The Kier molecular flexibility index (Phi) is 12.5. The van der Waals surface area contributed by atoms with Crippen LogP contribution in [0.4, 0.5) is 0 Å². The molecule has 0 saturated carbocycles. The van der Waals surface area contributed by atoms with E-state index in [1.165, 1.54) is 36.5 Å². The minimum Gasteiger partial charge on any atom is -0.465 e. The second-order valence-electron chi connectivity index (χ2n) is 23.2. The Labute approximate surface area is 424 Å². The summed E-state index contributed by atoms with van der Waals surface area (Å²) in [4.78, 5) is 44.3. The molecule has 2 N–H and O–H groups in total. The molecule has 9 rings (SSSR count). The highest BCUT2D eigenvalue weighted by molar-refractivity contribution is 6.01. The summed E-state index contributed by atoms with van der Waals surface area (Å²) in [6, 6.07) is 37.5. The first-order valence-electron chi connectivity index (χ1n) is 24.8. The van der Waals surface area contributed by atoms with E-state index in [1.54, 1.807) is 24.3 Å². The number of hydrogen-bond donors (Lipinski definition) is 2. The van der Waals surface area contributed by atoms with E-state index in [0.717, 1.165) is 89.4 Å². The summed E-state index contributed by atoms with van der Waals surface area (Å²) in [5.74, 6) is -0.818. The summed E-state index contributed by atoms with van der Waals surface area (Å²) >= 11 is 0. The molecule has 0 unspecified atom stereocenters. The summed E-state index contributed by atoms with van der Waals surface area (Å²) in [7, 11) is 2.78. The van der Waals surface area contributed by atoms with Gasteiger partial charge in [0, 0.05) is 44.3 Å². The number of nitrogens with one attached hydrogen (secondary N) is 2. The van der Waals surface area contributed by atoms with Gasteiger partial charge in [-0.25, -0.2) is 19.6 Å². The second-order valence-corrected chi connectivity index (χ2v) is 23.2. The van der Waals surface area contributed by atoms with E-state index in [1.807, 2.05) is 36.4 Å². The monoisotopic (exact) mass is 955 g/mol. The van der Waals surface area contributed by atoms with E-state index >= 15 is 0 Å². The van der Waals surface area contributed by atoms with Crippen molar-refractivity contribution in [1.82, 2.24) is 19.9 Å². The van der Waals surface area contributed by atoms with Gasteiger partial charge in [-0.3, -0.25) is 0 Å². The maximum absolute atomic E-state index is 12.7. The molecule has 0 radical (unpaired) electrons. The molecule has 2 aliphatic heterocycles. The van der Waals surface area contributed by atoms with Gasteiger partial charge in [0.05, 0.1) is 48.1 Å². The molecule has 4 aromatic carbocycles. The minimum absolute atomic E-state index is 0.132. The quantitative estimate of drug-likeness (QED) is 0.161. The summed E-state index contributed by atoms with van der Waals surface area (Å²) in [5.41, 5.74) is 19.4. The van der Waals surface area contributed by atoms with Crippen LogP contribution in [0.3, 0.4) is 0 Å². The summed E-state index contributed by atoms with van der Waals surface area (Å²) in [6.45, 7) is 27.2. The Hall–Kier alpha value is -7.58. The first-order valence-corrected chi connectivity index (χ1v) is 24.8. The highest BCUT2D eigenvalue weighted by atomic mass is 16.5. The SMILES string of the molecule is COC(=O)c1ccc(-c2c3nc(c(-c4ccc(C(=O)OC)cc4)c4ccc([nH]4)c(-c4cc(C(C)(C)C)cc(C(C)(C)C)c4)c4nc(c(-c5cc(C(C)(C)C)cc(C(C)(C)C)c5)c5ccc2[nH]5)C=C4)C=C3)cc1. The van der Waals surface area contributed by atoms with E-state index in [9.17, 15) is 9.59 Å². The number of ether oxygens (including phenoxy) is 2. The third kappa shape index (κ3) is 9.62. The van der Waals surface area contributed by atoms with Crippen molar-refractivity contribution in [1.29, 1.82) is 0 Å². The Morgan fingerprint density at radius 1 is 0.361 bits per heavy atom. The number of carbonyl (C=O) groups is 2. The van der Waals surface area contributed by atoms with Gasteiger partial charge in [-0.15, -0.1) is 0 Å². The zero-order valence-corrected chi connectivity index (χ0v) is 44.2. The summed E-state index contributed by atoms with van der Waals surface area (Å²) < 4.78 is 10.2. The van der Waals surface area contributed by atoms with E-state index in [0.29, 0.717) is 11.1 Å². The smallest absolute Gasteiger partial charge is 0.337 e. The number of fused-ring (bicyclic) bond motifs is 8. The van der Waals surface area contributed by atoms with Crippen molar-refractivity contribution in [2.75, 3.05) is 14.2 Å². The Balaban J connectivity index is 1.49. The lowest BCUT2D eigenvalue weighted by atomic mass is 9.78. The van der Waals surface area contributed by atoms with E-state index in [4.69, 9.17) is 19.4 Å². The van der Waals surface area contributed by atoms with Gasteiger partial charge in [-0.2, -0.15) is 0 Å². The topological polar surface area (TPSA) is 110 Å². The first-order chi connectivity index (χ1) is 33.9. The standard InChI is InChI=1S/C64H66N4O4/c1-61(2,3)43-31-41(32-44(35-43)62(4,5)6)57-51-27-25-49(66-51)55(37-15-19-39(20-16-37)59(69)71-13)47-23-24-48(65-47)56(38-17-21-40(22-18-38)60(70)72-14)50-26-28-52(67-50)58(54-30-29-53(57)68-54)42-33-45(63(7,8)9)36-46(34-42)64(10,11)12/h15-36,66-67H,1-14H3.